The maximum atomic E-state index is 3.36. The number of benzene rings is 1. The minimum atomic E-state index is 0.929. The molecule has 0 radical (unpaired) electrons. The Hall–Kier alpha value is -0.820. The SMILES string of the molecule is c1ccc2c(c1)CC(C1CNC1)C2. The fourth-order valence-electron chi connectivity index (χ4n) is 2.57. The van der Waals surface area contributed by atoms with Crippen molar-refractivity contribution < 1.29 is 0 Å². The van der Waals surface area contributed by atoms with Gasteiger partial charge in [0, 0.05) is 0 Å². The highest BCUT2D eigenvalue weighted by Gasteiger charge is 2.31. The average molecular weight is 173 g/mol. The van der Waals surface area contributed by atoms with E-state index < -0.39 is 0 Å². The molecule has 13 heavy (non-hydrogen) atoms. The molecule has 2 aliphatic rings. The van der Waals surface area contributed by atoms with Gasteiger partial charge in [0.2, 0.25) is 0 Å². The molecular weight excluding hydrogens is 158 g/mol. The van der Waals surface area contributed by atoms with Crippen LogP contribution >= 0.6 is 0 Å². The first kappa shape index (κ1) is 7.57. The van der Waals surface area contributed by atoms with Crippen LogP contribution in [0, 0.1) is 11.8 Å². The Morgan fingerprint density at radius 2 is 1.54 bits per heavy atom. The van der Waals surface area contributed by atoms with E-state index in [1.807, 2.05) is 0 Å². The van der Waals surface area contributed by atoms with Gasteiger partial charge < -0.3 is 5.32 Å². The summed E-state index contributed by atoms with van der Waals surface area (Å²) >= 11 is 0. The van der Waals surface area contributed by atoms with Crippen molar-refractivity contribution in [2.45, 2.75) is 12.8 Å². The lowest BCUT2D eigenvalue weighted by Gasteiger charge is -2.32. The van der Waals surface area contributed by atoms with Crippen LogP contribution < -0.4 is 5.32 Å². The van der Waals surface area contributed by atoms with E-state index in [1.54, 1.807) is 11.1 Å². The van der Waals surface area contributed by atoms with Crippen molar-refractivity contribution in [1.29, 1.82) is 0 Å². The normalized spacial score (nSPS) is 22.8. The van der Waals surface area contributed by atoms with Gasteiger partial charge in [-0.05, 0) is 48.9 Å². The predicted molar refractivity (Wildman–Crippen MR) is 53.7 cm³/mol. The summed E-state index contributed by atoms with van der Waals surface area (Å²) in [7, 11) is 0. The Balaban J connectivity index is 1.80. The van der Waals surface area contributed by atoms with Crippen LogP contribution in [0.15, 0.2) is 24.3 Å². The molecule has 0 spiro atoms. The third kappa shape index (κ3) is 1.19. The highest BCUT2D eigenvalue weighted by atomic mass is 15.0. The summed E-state index contributed by atoms with van der Waals surface area (Å²) in [6.45, 7) is 2.50. The number of hydrogen-bond donors (Lipinski definition) is 1. The standard InChI is InChI=1S/C12H15N/c1-2-4-10-6-11(5-9(10)3-1)12-7-13-8-12/h1-4,11-13H,5-8H2. The fraction of sp³-hybridized carbons (Fsp3) is 0.500. The van der Waals surface area contributed by atoms with Crippen LogP contribution in [-0.2, 0) is 12.8 Å². The Morgan fingerprint density at radius 1 is 0.923 bits per heavy atom. The van der Waals surface area contributed by atoms with Crippen LogP contribution in [0.2, 0.25) is 0 Å². The topological polar surface area (TPSA) is 12.0 Å². The molecule has 0 atom stereocenters. The molecule has 0 unspecified atom stereocenters. The summed E-state index contributed by atoms with van der Waals surface area (Å²) in [5.41, 5.74) is 3.19. The molecule has 1 aromatic rings. The number of nitrogens with one attached hydrogen (secondary N) is 1. The molecule has 1 N–H and O–H groups in total. The zero-order chi connectivity index (χ0) is 8.67. The number of rotatable bonds is 1. The van der Waals surface area contributed by atoms with Gasteiger partial charge >= 0.3 is 0 Å². The van der Waals surface area contributed by atoms with Gasteiger partial charge in [0.15, 0.2) is 0 Å². The van der Waals surface area contributed by atoms with Crippen molar-refractivity contribution in [3.8, 4) is 0 Å². The summed E-state index contributed by atoms with van der Waals surface area (Å²) in [4.78, 5) is 0. The smallest absolute Gasteiger partial charge is 0.000536 e. The Morgan fingerprint density at radius 3 is 2.00 bits per heavy atom. The van der Waals surface area contributed by atoms with Crippen molar-refractivity contribution in [1.82, 2.24) is 5.32 Å². The first-order valence-corrected chi connectivity index (χ1v) is 5.21. The maximum absolute atomic E-state index is 3.36. The third-order valence-electron chi connectivity index (χ3n) is 3.56. The number of fused-ring (bicyclic) bond motifs is 1. The summed E-state index contributed by atoms with van der Waals surface area (Å²) in [5.74, 6) is 1.88. The molecule has 3 rings (SSSR count). The summed E-state index contributed by atoms with van der Waals surface area (Å²) < 4.78 is 0. The second kappa shape index (κ2) is 2.85. The molecule has 0 saturated carbocycles. The zero-order valence-corrected chi connectivity index (χ0v) is 7.79. The van der Waals surface area contributed by atoms with E-state index in [0.29, 0.717) is 0 Å². The van der Waals surface area contributed by atoms with E-state index in [1.165, 1.54) is 25.9 Å². The Bertz CT molecular complexity index is 290. The second-order valence-electron chi connectivity index (χ2n) is 4.36. The summed E-state index contributed by atoms with van der Waals surface area (Å²) in [5, 5.41) is 3.36. The monoisotopic (exact) mass is 173 g/mol. The quantitative estimate of drug-likeness (QED) is 0.680. The molecule has 1 aromatic carbocycles. The van der Waals surface area contributed by atoms with Crippen molar-refractivity contribution >= 4 is 0 Å². The maximum Gasteiger partial charge on any atom is -0.000536 e. The molecule has 68 valence electrons. The molecule has 1 fully saturated rings. The van der Waals surface area contributed by atoms with Gasteiger partial charge in [-0.25, -0.2) is 0 Å². The van der Waals surface area contributed by atoms with Gasteiger partial charge in [0.1, 0.15) is 0 Å². The van der Waals surface area contributed by atoms with E-state index in [2.05, 4.69) is 29.6 Å². The van der Waals surface area contributed by atoms with Crippen LogP contribution in [0.5, 0.6) is 0 Å². The third-order valence-corrected chi connectivity index (χ3v) is 3.56. The summed E-state index contributed by atoms with van der Waals surface area (Å²) in [6.07, 6.45) is 2.64. The van der Waals surface area contributed by atoms with Crippen LogP contribution in [0.1, 0.15) is 11.1 Å². The molecule has 1 aliphatic heterocycles. The molecular formula is C12H15N. The van der Waals surface area contributed by atoms with Crippen molar-refractivity contribution in [2.24, 2.45) is 11.8 Å². The lowest BCUT2D eigenvalue weighted by molar-refractivity contribution is 0.241. The van der Waals surface area contributed by atoms with Crippen molar-refractivity contribution in [3.05, 3.63) is 35.4 Å². The van der Waals surface area contributed by atoms with E-state index in [4.69, 9.17) is 0 Å². The fourth-order valence-corrected chi connectivity index (χ4v) is 2.57. The molecule has 0 amide bonds. The van der Waals surface area contributed by atoms with Crippen LogP contribution in [0.4, 0.5) is 0 Å². The zero-order valence-electron chi connectivity index (χ0n) is 7.79. The average Bonchev–Trinajstić information content (AvgIpc) is 2.43. The predicted octanol–water partition coefficient (Wildman–Crippen LogP) is 1.62. The van der Waals surface area contributed by atoms with Crippen LogP contribution in [0.3, 0.4) is 0 Å². The van der Waals surface area contributed by atoms with E-state index in [-0.39, 0.29) is 0 Å². The lowest BCUT2D eigenvalue weighted by atomic mass is 9.85. The molecule has 1 aliphatic carbocycles. The van der Waals surface area contributed by atoms with Gasteiger partial charge in [0.05, 0.1) is 0 Å². The minimum absolute atomic E-state index is 0.929. The van der Waals surface area contributed by atoms with Crippen LogP contribution in [-0.4, -0.2) is 13.1 Å². The van der Waals surface area contributed by atoms with E-state index in [0.717, 1.165) is 11.8 Å². The van der Waals surface area contributed by atoms with Gasteiger partial charge in [0.25, 0.3) is 0 Å². The molecule has 1 nitrogen and oxygen atoms in total. The molecule has 1 heteroatoms. The largest absolute Gasteiger partial charge is 0.316 e. The van der Waals surface area contributed by atoms with Gasteiger partial charge in [-0.15, -0.1) is 0 Å². The van der Waals surface area contributed by atoms with Gasteiger partial charge in [-0.2, -0.15) is 0 Å². The van der Waals surface area contributed by atoms with Crippen LogP contribution in [0.25, 0.3) is 0 Å². The van der Waals surface area contributed by atoms with E-state index >= 15 is 0 Å². The van der Waals surface area contributed by atoms with E-state index in [9.17, 15) is 0 Å². The highest BCUT2D eigenvalue weighted by molar-refractivity contribution is 5.32. The Labute approximate surface area is 79.2 Å². The second-order valence-corrected chi connectivity index (χ2v) is 4.36. The van der Waals surface area contributed by atoms with Gasteiger partial charge in [-0.1, -0.05) is 24.3 Å². The molecule has 0 aromatic heterocycles. The first-order chi connectivity index (χ1) is 6.43. The highest BCUT2D eigenvalue weighted by Crippen LogP contribution is 2.32. The molecule has 1 saturated heterocycles. The lowest BCUT2D eigenvalue weighted by Crippen LogP contribution is -2.46. The number of hydrogen-bond acceptors (Lipinski definition) is 1. The van der Waals surface area contributed by atoms with Crippen molar-refractivity contribution in [3.63, 3.8) is 0 Å². The molecule has 1 heterocycles. The van der Waals surface area contributed by atoms with Gasteiger partial charge in [-0.3, -0.25) is 0 Å². The Kier molecular flexibility index (Phi) is 1.66. The first-order valence-electron chi connectivity index (χ1n) is 5.21. The summed E-state index contributed by atoms with van der Waals surface area (Å²) in [6, 6.07) is 8.92. The molecule has 0 bridgehead atoms. The van der Waals surface area contributed by atoms with Crippen molar-refractivity contribution in [2.75, 3.05) is 13.1 Å². The minimum Gasteiger partial charge on any atom is -0.316 e.